The Morgan fingerprint density at radius 2 is 1.74 bits per heavy atom. The van der Waals surface area contributed by atoms with Crippen LogP contribution in [0.1, 0.15) is 51.9 Å². The molecule has 0 aromatic heterocycles. The first-order chi connectivity index (χ1) is 8.66. The Morgan fingerprint density at radius 1 is 1.16 bits per heavy atom. The second-order valence-corrected chi connectivity index (χ2v) is 5.89. The first kappa shape index (κ1) is 16.7. The van der Waals surface area contributed by atoms with E-state index in [1.54, 1.807) is 0 Å². The van der Waals surface area contributed by atoms with Gasteiger partial charge in [-0.2, -0.15) is 0 Å². The van der Waals surface area contributed by atoms with Gasteiger partial charge >= 0.3 is 0 Å². The molecule has 19 heavy (non-hydrogen) atoms. The normalized spacial score (nSPS) is 24.5. The van der Waals surface area contributed by atoms with Crippen LogP contribution < -0.4 is 11.1 Å². The summed E-state index contributed by atoms with van der Waals surface area (Å²) in [7, 11) is 0. The summed E-state index contributed by atoms with van der Waals surface area (Å²) in [6.45, 7) is 3.94. The van der Waals surface area contributed by atoms with E-state index in [2.05, 4.69) is 10.2 Å². The molecule has 5 heteroatoms. The van der Waals surface area contributed by atoms with E-state index in [-0.39, 0.29) is 24.4 Å². The molecule has 3 N–H and O–H groups in total. The molecule has 1 saturated carbocycles. The van der Waals surface area contributed by atoms with Crippen LogP contribution >= 0.6 is 12.4 Å². The molecule has 2 fully saturated rings. The molecule has 0 radical (unpaired) electrons. The zero-order valence-corrected chi connectivity index (χ0v) is 12.8. The summed E-state index contributed by atoms with van der Waals surface area (Å²) in [5, 5.41) is 3.22. The van der Waals surface area contributed by atoms with Gasteiger partial charge in [-0.25, -0.2) is 0 Å². The molecule has 0 aromatic rings. The standard InChI is InChI=1S/C14H27N3O.ClH/c1-11(17-9-7-12(15)8-10-17)14(18)16-13-5-3-2-4-6-13;/h11-13H,2-10,15H2,1H3,(H,16,18);1H. The second-order valence-electron chi connectivity index (χ2n) is 5.89. The lowest BCUT2D eigenvalue weighted by Crippen LogP contribution is -2.52. The summed E-state index contributed by atoms with van der Waals surface area (Å²) in [5.74, 6) is 0.206. The minimum Gasteiger partial charge on any atom is -0.352 e. The highest BCUT2D eigenvalue weighted by atomic mass is 35.5. The fraction of sp³-hybridized carbons (Fsp3) is 0.929. The van der Waals surface area contributed by atoms with E-state index in [1.165, 1.54) is 19.3 Å². The van der Waals surface area contributed by atoms with E-state index in [9.17, 15) is 4.79 Å². The van der Waals surface area contributed by atoms with Gasteiger partial charge in [0.2, 0.25) is 5.91 Å². The number of carbonyl (C=O) groups is 1. The number of amides is 1. The van der Waals surface area contributed by atoms with Gasteiger partial charge in [0.25, 0.3) is 0 Å². The van der Waals surface area contributed by atoms with Crippen molar-refractivity contribution >= 4 is 18.3 Å². The third-order valence-corrected chi connectivity index (χ3v) is 4.45. The number of nitrogens with zero attached hydrogens (tertiary/aromatic N) is 1. The minimum atomic E-state index is -0.000531. The maximum atomic E-state index is 12.2. The van der Waals surface area contributed by atoms with Gasteiger partial charge in [0.05, 0.1) is 6.04 Å². The highest BCUT2D eigenvalue weighted by Crippen LogP contribution is 2.18. The molecule has 1 saturated heterocycles. The number of piperidine rings is 1. The number of nitrogens with two attached hydrogens (primary N) is 1. The third kappa shape index (κ3) is 4.93. The van der Waals surface area contributed by atoms with E-state index in [1.807, 2.05) is 6.92 Å². The van der Waals surface area contributed by atoms with Crippen LogP contribution in [0.5, 0.6) is 0 Å². The number of carbonyl (C=O) groups excluding carboxylic acids is 1. The molecular formula is C14H28ClN3O. The molecule has 0 spiro atoms. The number of hydrogen-bond donors (Lipinski definition) is 2. The summed E-state index contributed by atoms with van der Waals surface area (Å²) in [4.78, 5) is 14.5. The molecule has 1 unspecified atom stereocenters. The van der Waals surface area contributed by atoms with Crippen molar-refractivity contribution in [1.82, 2.24) is 10.2 Å². The van der Waals surface area contributed by atoms with Gasteiger partial charge < -0.3 is 11.1 Å². The number of likely N-dealkylation sites (tertiary alicyclic amines) is 1. The summed E-state index contributed by atoms with van der Waals surface area (Å²) in [5.41, 5.74) is 5.90. The van der Waals surface area contributed by atoms with E-state index in [0.29, 0.717) is 12.1 Å². The highest BCUT2D eigenvalue weighted by molar-refractivity contribution is 5.85. The van der Waals surface area contributed by atoms with Crippen LogP contribution in [0, 0.1) is 0 Å². The summed E-state index contributed by atoms with van der Waals surface area (Å²) >= 11 is 0. The molecule has 1 aliphatic heterocycles. The van der Waals surface area contributed by atoms with Gasteiger partial charge in [-0.05, 0) is 32.6 Å². The van der Waals surface area contributed by atoms with Gasteiger partial charge in [0.1, 0.15) is 0 Å². The van der Waals surface area contributed by atoms with Crippen LogP contribution in [-0.4, -0.2) is 42.0 Å². The van der Waals surface area contributed by atoms with Crippen molar-refractivity contribution < 1.29 is 4.79 Å². The Balaban J connectivity index is 0.00000180. The van der Waals surface area contributed by atoms with E-state index in [4.69, 9.17) is 5.73 Å². The molecule has 0 aromatic carbocycles. The molecule has 1 heterocycles. The lowest BCUT2D eigenvalue weighted by atomic mass is 9.95. The fourth-order valence-electron chi connectivity index (χ4n) is 3.04. The molecule has 4 nitrogen and oxygen atoms in total. The molecule has 2 aliphatic rings. The van der Waals surface area contributed by atoms with Crippen molar-refractivity contribution in [3.63, 3.8) is 0 Å². The van der Waals surface area contributed by atoms with Crippen LogP contribution in [0.15, 0.2) is 0 Å². The summed E-state index contributed by atoms with van der Waals surface area (Å²) in [6, 6.07) is 0.745. The largest absolute Gasteiger partial charge is 0.352 e. The van der Waals surface area contributed by atoms with Crippen molar-refractivity contribution in [3.05, 3.63) is 0 Å². The van der Waals surface area contributed by atoms with Crippen molar-refractivity contribution in [2.45, 2.75) is 70.0 Å². The summed E-state index contributed by atoms with van der Waals surface area (Å²) in [6.07, 6.45) is 8.19. The van der Waals surface area contributed by atoms with Gasteiger partial charge in [0.15, 0.2) is 0 Å². The lowest BCUT2D eigenvalue weighted by molar-refractivity contribution is -0.127. The predicted molar refractivity (Wildman–Crippen MR) is 80.5 cm³/mol. The molecule has 0 bridgehead atoms. The monoisotopic (exact) mass is 289 g/mol. The van der Waals surface area contributed by atoms with E-state index in [0.717, 1.165) is 38.8 Å². The SMILES string of the molecule is CC(C(=O)NC1CCCCC1)N1CCC(N)CC1.Cl. The molecule has 1 atom stereocenters. The van der Waals surface area contributed by atoms with E-state index < -0.39 is 0 Å². The Hall–Kier alpha value is -0.320. The Kier molecular flexibility index (Phi) is 7.11. The smallest absolute Gasteiger partial charge is 0.237 e. The van der Waals surface area contributed by atoms with Crippen molar-refractivity contribution in [2.75, 3.05) is 13.1 Å². The molecular weight excluding hydrogens is 262 g/mol. The maximum absolute atomic E-state index is 12.2. The van der Waals surface area contributed by atoms with Crippen LogP contribution in [-0.2, 0) is 4.79 Å². The van der Waals surface area contributed by atoms with Crippen LogP contribution in [0.25, 0.3) is 0 Å². The van der Waals surface area contributed by atoms with Crippen LogP contribution in [0.4, 0.5) is 0 Å². The van der Waals surface area contributed by atoms with E-state index >= 15 is 0 Å². The average molecular weight is 290 g/mol. The van der Waals surface area contributed by atoms with Gasteiger partial charge in [-0.1, -0.05) is 19.3 Å². The first-order valence-corrected chi connectivity index (χ1v) is 7.47. The van der Waals surface area contributed by atoms with Crippen molar-refractivity contribution in [1.29, 1.82) is 0 Å². The predicted octanol–water partition coefficient (Wildman–Crippen LogP) is 1.67. The minimum absolute atomic E-state index is 0. The number of hydrogen-bond acceptors (Lipinski definition) is 3. The Morgan fingerprint density at radius 3 is 2.32 bits per heavy atom. The van der Waals surface area contributed by atoms with Crippen LogP contribution in [0.2, 0.25) is 0 Å². The third-order valence-electron chi connectivity index (χ3n) is 4.45. The second kappa shape index (κ2) is 8.08. The molecule has 1 amide bonds. The Labute approximate surface area is 122 Å². The molecule has 112 valence electrons. The average Bonchev–Trinajstić information content (AvgIpc) is 2.40. The first-order valence-electron chi connectivity index (χ1n) is 7.47. The molecule has 2 rings (SSSR count). The molecule has 1 aliphatic carbocycles. The van der Waals surface area contributed by atoms with Crippen LogP contribution in [0.3, 0.4) is 0 Å². The van der Waals surface area contributed by atoms with Gasteiger partial charge in [-0.15, -0.1) is 12.4 Å². The fourth-order valence-corrected chi connectivity index (χ4v) is 3.04. The zero-order valence-electron chi connectivity index (χ0n) is 11.9. The summed E-state index contributed by atoms with van der Waals surface area (Å²) < 4.78 is 0. The topological polar surface area (TPSA) is 58.4 Å². The number of rotatable bonds is 3. The number of nitrogens with one attached hydrogen (secondary N) is 1. The Bertz CT molecular complexity index is 274. The highest BCUT2D eigenvalue weighted by Gasteiger charge is 2.26. The zero-order chi connectivity index (χ0) is 13.0. The maximum Gasteiger partial charge on any atom is 0.237 e. The van der Waals surface area contributed by atoms with Crippen molar-refractivity contribution in [2.24, 2.45) is 5.73 Å². The van der Waals surface area contributed by atoms with Gasteiger partial charge in [0, 0.05) is 25.2 Å². The van der Waals surface area contributed by atoms with Gasteiger partial charge in [-0.3, -0.25) is 9.69 Å². The lowest BCUT2D eigenvalue weighted by Gasteiger charge is -2.35. The number of halogens is 1. The van der Waals surface area contributed by atoms with Crippen molar-refractivity contribution in [3.8, 4) is 0 Å². The quantitative estimate of drug-likeness (QED) is 0.831.